The Hall–Kier alpha value is -8.34. The van der Waals surface area contributed by atoms with Crippen LogP contribution in [0.15, 0.2) is 227 Å². The standard InChI is InChI=1S/C58H36N2O2/c1-3-16-37(17-4-1)38-32-34-40(35-33-38)59(51-29-14-27-48-43-22-10-12-30-53(43)61-58(48)51)52-36-49-55-44(24-15-31-54(55)62-57(49)47-23-8-7-21-42(47)52)46-26-13-25-45-41-20-9-11-28-50(41)60(56(45)46)39-18-5-2-6-19-39/h1-36H. The lowest BCUT2D eigenvalue weighted by molar-refractivity contribution is 0.669. The molecule has 0 unspecified atom stereocenters. The van der Waals surface area contributed by atoms with Gasteiger partial charge in [0.15, 0.2) is 5.58 Å². The van der Waals surface area contributed by atoms with Crippen LogP contribution in [0.4, 0.5) is 17.1 Å². The van der Waals surface area contributed by atoms with Crippen LogP contribution in [0.25, 0.3) is 104 Å². The maximum Gasteiger partial charge on any atom is 0.159 e. The molecule has 0 bridgehead atoms. The van der Waals surface area contributed by atoms with E-state index >= 15 is 0 Å². The Balaban J connectivity index is 1.12. The first kappa shape index (κ1) is 34.5. The second-order valence-electron chi connectivity index (χ2n) is 16.0. The average molecular weight is 793 g/mol. The maximum atomic E-state index is 6.99. The van der Waals surface area contributed by atoms with Crippen molar-refractivity contribution in [3.63, 3.8) is 0 Å². The van der Waals surface area contributed by atoms with Gasteiger partial charge in [-0.15, -0.1) is 0 Å². The van der Waals surface area contributed by atoms with Crippen LogP contribution >= 0.6 is 0 Å². The van der Waals surface area contributed by atoms with Gasteiger partial charge in [0.1, 0.15) is 16.7 Å². The number of fused-ring (bicyclic) bond motifs is 11. The summed E-state index contributed by atoms with van der Waals surface area (Å²) in [6.07, 6.45) is 0. The average Bonchev–Trinajstić information content (AvgIpc) is 4.03. The van der Waals surface area contributed by atoms with Crippen molar-refractivity contribution in [3.8, 4) is 27.9 Å². The summed E-state index contributed by atoms with van der Waals surface area (Å²) in [5.74, 6) is 0. The van der Waals surface area contributed by atoms with E-state index in [0.717, 1.165) is 94.1 Å². The van der Waals surface area contributed by atoms with Gasteiger partial charge in [0, 0.05) is 60.0 Å². The number of benzene rings is 10. The van der Waals surface area contributed by atoms with Crippen LogP contribution in [0, 0.1) is 0 Å². The van der Waals surface area contributed by atoms with Crippen molar-refractivity contribution in [1.29, 1.82) is 0 Å². The van der Waals surface area contributed by atoms with E-state index in [1.165, 1.54) is 27.4 Å². The van der Waals surface area contributed by atoms with Gasteiger partial charge in [0.05, 0.1) is 22.4 Å². The van der Waals surface area contributed by atoms with Crippen LogP contribution in [-0.2, 0) is 0 Å². The highest BCUT2D eigenvalue weighted by molar-refractivity contribution is 6.25. The number of aromatic nitrogens is 1. The highest BCUT2D eigenvalue weighted by Crippen LogP contribution is 2.49. The summed E-state index contributed by atoms with van der Waals surface area (Å²) in [5.41, 5.74) is 14.5. The molecule has 0 aliphatic heterocycles. The van der Waals surface area contributed by atoms with Gasteiger partial charge in [0.2, 0.25) is 0 Å². The number of hydrogen-bond acceptors (Lipinski definition) is 3. The first-order valence-corrected chi connectivity index (χ1v) is 21.1. The molecule has 3 aromatic heterocycles. The summed E-state index contributed by atoms with van der Waals surface area (Å²) in [6, 6.07) is 77.8. The number of hydrogen-bond donors (Lipinski definition) is 0. The van der Waals surface area contributed by atoms with Crippen molar-refractivity contribution in [2.45, 2.75) is 0 Å². The molecule has 0 N–H and O–H groups in total. The summed E-state index contributed by atoms with van der Waals surface area (Å²) < 4.78 is 16.2. The largest absolute Gasteiger partial charge is 0.455 e. The van der Waals surface area contributed by atoms with Crippen LogP contribution in [-0.4, -0.2) is 4.57 Å². The zero-order valence-electron chi connectivity index (χ0n) is 33.5. The fraction of sp³-hybridized carbons (Fsp3) is 0. The van der Waals surface area contributed by atoms with Crippen LogP contribution in [0.5, 0.6) is 0 Å². The Kier molecular flexibility index (Phi) is 7.57. The molecule has 0 aliphatic rings. The Bertz CT molecular complexity index is 3860. The lowest BCUT2D eigenvalue weighted by Gasteiger charge is -2.27. The number of para-hydroxylation sites is 5. The fourth-order valence-corrected chi connectivity index (χ4v) is 9.87. The third-order valence-electron chi connectivity index (χ3n) is 12.6. The van der Waals surface area contributed by atoms with Gasteiger partial charge in [-0.2, -0.15) is 0 Å². The second kappa shape index (κ2) is 13.6. The molecule has 0 amide bonds. The number of rotatable bonds is 6. The van der Waals surface area contributed by atoms with Crippen LogP contribution in [0.2, 0.25) is 0 Å². The third kappa shape index (κ3) is 5.14. The molecule has 4 nitrogen and oxygen atoms in total. The lowest BCUT2D eigenvalue weighted by Crippen LogP contribution is -2.11. The van der Waals surface area contributed by atoms with E-state index in [9.17, 15) is 0 Å². The number of anilines is 3. The molecule has 0 saturated heterocycles. The molecule has 0 saturated carbocycles. The minimum atomic E-state index is 0.836. The molecule has 13 rings (SSSR count). The lowest BCUT2D eigenvalue weighted by atomic mass is 9.95. The molecule has 10 aromatic carbocycles. The summed E-state index contributed by atoms with van der Waals surface area (Å²) >= 11 is 0. The van der Waals surface area contributed by atoms with Gasteiger partial charge in [0.25, 0.3) is 0 Å². The summed E-state index contributed by atoms with van der Waals surface area (Å²) in [4.78, 5) is 2.37. The Morgan fingerprint density at radius 2 is 0.935 bits per heavy atom. The predicted molar refractivity (Wildman–Crippen MR) is 258 cm³/mol. The van der Waals surface area contributed by atoms with Crippen LogP contribution in [0.3, 0.4) is 0 Å². The van der Waals surface area contributed by atoms with E-state index in [4.69, 9.17) is 8.83 Å². The highest BCUT2D eigenvalue weighted by atomic mass is 16.3. The third-order valence-corrected chi connectivity index (χ3v) is 12.6. The van der Waals surface area contributed by atoms with Crippen molar-refractivity contribution < 1.29 is 8.83 Å². The van der Waals surface area contributed by atoms with Crippen molar-refractivity contribution >= 4 is 93.5 Å². The molecule has 4 heteroatoms. The van der Waals surface area contributed by atoms with Crippen molar-refractivity contribution in [2.24, 2.45) is 0 Å². The molecule has 13 aromatic rings. The zero-order chi connectivity index (χ0) is 40.7. The second-order valence-corrected chi connectivity index (χ2v) is 16.0. The van der Waals surface area contributed by atoms with E-state index in [1.54, 1.807) is 0 Å². The summed E-state index contributed by atoms with van der Waals surface area (Å²) in [5, 5.41) is 8.85. The van der Waals surface area contributed by atoms with E-state index in [2.05, 4.69) is 222 Å². The minimum absolute atomic E-state index is 0.836. The van der Waals surface area contributed by atoms with Crippen molar-refractivity contribution in [3.05, 3.63) is 218 Å². The normalized spacial score (nSPS) is 11.9. The van der Waals surface area contributed by atoms with E-state index in [0.29, 0.717) is 0 Å². The molecule has 0 spiro atoms. The number of nitrogens with zero attached hydrogens (tertiary/aromatic N) is 2. The van der Waals surface area contributed by atoms with E-state index < -0.39 is 0 Å². The molecule has 0 aliphatic carbocycles. The highest BCUT2D eigenvalue weighted by Gasteiger charge is 2.25. The molecule has 62 heavy (non-hydrogen) atoms. The summed E-state index contributed by atoms with van der Waals surface area (Å²) in [7, 11) is 0. The molecule has 290 valence electrons. The Morgan fingerprint density at radius 3 is 1.77 bits per heavy atom. The van der Waals surface area contributed by atoms with Gasteiger partial charge in [-0.05, 0) is 71.3 Å². The Morgan fingerprint density at radius 1 is 0.355 bits per heavy atom. The van der Waals surface area contributed by atoms with Gasteiger partial charge >= 0.3 is 0 Å². The summed E-state index contributed by atoms with van der Waals surface area (Å²) in [6.45, 7) is 0. The predicted octanol–water partition coefficient (Wildman–Crippen LogP) is 16.5. The van der Waals surface area contributed by atoms with Gasteiger partial charge in [-0.25, -0.2) is 0 Å². The van der Waals surface area contributed by atoms with Gasteiger partial charge in [-0.3, -0.25) is 0 Å². The van der Waals surface area contributed by atoms with Gasteiger partial charge in [-0.1, -0.05) is 164 Å². The molecule has 0 radical (unpaired) electrons. The fourth-order valence-electron chi connectivity index (χ4n) is 9.87. The monoisotopic (exact) mass is 792 g/mol. The molecule has 0 atom stereocenters. The quantitative estimate of drug-likeness (QED) is 0.168. The van der Waals surface area contributed by atoms with Gasteiger partial charge < -0.3 is 18.3 Å². The first-order chi connectivity index (χ1) is 30.8. The van der Waals surface area contributed by atoms with Crippen LogP contribution in [0.1, 0.15) is 0 Å². The Labute approximate surface area is 356 Å². The number of furan rings is 2. The topological polar surface area (TPSA) is 34.5 Å². The maximum absolute atomic E-state index is 6.99. The van der Waals surface area contributed by atoms with Crippen LogP contribution < -0.4 is 4.90 Å². The first-order valence-electron chi connectivity index (χ1n) is 21.1. The molecule has 3 heterocycles. The SMILES string of the molecule is c1ccc(-c2ccc(N(c3cc4c(oc5cccc(-c6cccc7c8ccccc8n(-c8ccccc8)c67)c54)c4ccccc34)c3cccc4c3oc3ccccc34)cc2)cc1. The molecular formula is C58H36N2O2. The molecule has 0 fully saturated rings. The van der Waals surface area contributed by atoms with Crippen molar-refractivity contribution in [1.82, 2.24) is 4.57 Å². The van der Waals surface area contributed by atoms with E-state index in [-0.39, 0.29) is 0 Å². The van der Waals surface area contributed by atoms with Crippen molar-refractivity contribution in [2.75, 3.05) is 4.90 Å². The van der Waals surface area contributed by atoms with E-state index in [1.807, 2.05) is 6.07 Å². The smallest absolute Gasteiger partial charge is 0.159 e. The zero-order valence-corrected chi connectivity index (χ0v) is 33.5. The molecular weight excluding hydrogens is 757 g/mol. The minimum Gasteiger partial charge on any atom is -0.455 e.